The van der Waals surface area contributed by atoms with E-state index in [-0.39, 0.29) is 18.4 Å². The lowest BCUT2D eigenvalue weighted by Gasteiger charge is -2.12. The molecule has 0 amide bonds. The van der Waals surface area contributed by atoms with Crippen LogP contribution in [-0.2, 0) is 4.74 Å². The van der Waals surface area contributed by atoms with Gasteiger partial charge in [0.05, 0.1) is 17.7 Å². The summed E-state index contributed by atoms with van der Waals surface area (Å²) in [5, 5.41) is 4.50. The number of carbonyl (C=O) groups is 1. The predicted molar refractivity (Wildman–Crippen MR) is 96.9 cm³/mol. The molecule has 0 spiro atoms. The van der Waals surface area contributed by atoms with E-state index in [1.165, 1.54) is 0 Å². The van der Waals surface area contributed by atoms with Crippen LogP contribution in [0.4, 0.5) is 11.4 Å². The van der Waals surface area contributed by atoms with Crippen molar-refractivity contribution in [1.82, 2.24) is 4.98 Å². The molecule has 0 radical (unpaired) electrons. The summed E-state index contributed by atoms with van der Waals surface area (Å²) in [7, 11) is 0. The molecule has 1 aromatic heterocycles. The molecule has 0 saturated heterocycles. The summed E-state index contributed by atoms with van der Waals surface area (Å²) in [6, 6.07) is 15.5. The topological polar surface area (TPSA) is 51.2 Å². The van der Waals surface area contributed by atoms with Gasteiger partial charge in [0.15, 0.2) is 0 Å². The fraction of sp³-hybridized carbons (Fsp3) is 0.200. The third-order valence-electron chi connectivity index (χ3n) is 3.84. The number of esters is 1. The molecule has 0 unspecified atom stereocenters. The Labute approximate surface area is 153 Å². The van der Waals surface area contributed by atoms with Crippen LogP contribution in [-0.4, -0.2) is 17.6 Å². The van der Waals surface area contributed by atoms with Crippen molar-refractivity contribution in [3.8, 4) is 0 Å². The minimum Gasteiger partial charge on any atom is -1.00 e. The van der Waals surface area contributed by atoms with E-state index in [4.69, 9.17) is 4.74 Å². The van der Waals surface area contributed by atoms with Crippen molar-refractivity contribution < 1.29 is 21.9 Å². The zero-order valence-corrected chi connectivity index (χ0v) is 15.2. The van der Waals surface area contributed by atoms with Gasteiger partial charge < -0.3 is 22.5 Å². The number of aryl methyl sites for hydroxylation is 2. The number of rotatable bonds is 4. The molecular weight excluding hydrogens is 336 g/mol. The van der Waals surface area contributed by atoms with Crippen LogP contribution in [0.15, 0.2) is 48.5 Å². The number of halogens is 1. The van der Waals surface area contributed by atoms with Crippen LogP contribution < -0.4 is 17.7 Å². The van der Waals surface area contributed by atoms with E-state index in [0.29, 0.717) is 12.2 Å². The van der Waals surface area contributed by atoms with E-state index in [1.54, 1.807) is 19.1 Å². The van der Waals surface area contributed by atoms with Crippen LogP contribution in [0.5, 0.6) is 0 Å². The van der Waals surface area contributed by atoms with Gasteiger partial charge in [0.25, 0.3) is 0 Å². The van der Waals surface area contributed by atoms with Crippen LogP contribution in [0.25, 0.3) is 10.9 Å². The fourth-order valence-corrected chi connectivity index (χ4v) is 2.68. The minimum absolute atomic E-state index is 0. The number of nitrogens with one attached hydrogen (secondary N) is 1. The summed E-state index contributed by atoms with van der Waals surface area (Å²) in [6.07, 6.45) is 0. The third-order valence-corrected chi connectivity index (χ3v) is 3.84. The average molecular weight is 356 g/mol. The zero-order valence-electron chi connectivity index (χ0n) is 14.5. The third kappa shape index (κ3) is 4.09. The summed E-state index contributed by atoms with van der Waals surface area (Å²) in [5.41, 5.74) is 5.58. The second kappa shape index (κ2) is 7.99. The van der Waals surface area contributed by atoms with Gasteiger partial charge in [-0.2, -0.15) is 0 Å². The predicted octanol–water partition coefficient (Wildman–Crippen LogP) is 1.78. The highest BCUT2D eigenvalue weighted by molar-refractivity contribution is 5.95. The van der Waals surface area contributed by atoms with Gasteiger partial charge in [0.1, 0.15) is 0 Å². The summed E-state index contributed by atoms with van der Waals surface area (Å²) >= 11 is 0. The molecule has 0 atom stereocenters. The maximum Gasteiger partial charge on any atom is 0.338 e. The van der Waals surface area contributed by atoms with Crippen LogP contribution in [0.3, 0.4) is 0 Å². The Bertz CT molecular complexity index is 892. The van der Waals surface area contributed by atoms with Gasteiger partial charge in [0, 0.05) is 22.5 Å². The lowest BCUT2D eigenvalue weighted by atomic mass is 10.1. The maximum absolute atomic E-state index is 11.7. The first kappa shape index (κ1) is 18.7. The monoisotopic (exact) mass is 355 g/mol. The fourth-order valence-electron chi connectivity index (χ4n) is 2.68. The smallest absolute Gasteiger partial charge is 0.338 e. The molecule has 0 aliphatic heterocycles. The number of aromatic nitrogens is 1. The van der Waals surface area contributed by atoms with E-state index in [0.717, 1.165) is 33.5 Å². The number of carbonyl (C=O) groups excluding carboxylic acids is 1. The summed E-state index contributed by atoms with van der Waals surface area (Å²) in [6.45, 7) is 6.22. The second-order valence-electron chi connectivity index (χ2n) is 5.71. The first-order valence-corrected chi connectivity index (χ1v) is 7.99. The molecule has 1 heterocycles. The van der Waals surface area contributed by atoms with E-state index < -0.39 is 0 Å². The van der Waals surface area contributed by atoms with E-state index in [1.807, 2.05) is 31.2 Å². The zero-order chi connectivity index (χ0) is 17.1. The number of ether oxygens (including phenoxy) is 1. The molecule has 25 heavy (non-hydrogen) atoms. The van der Waals surface area contributed by atoms with Crippen molar-refractivity contribution in [2.45, 2.75) is 20.8 Å². The largest absolute Gasteiger partial charge is 1.00 e. The molecule has 0 aliphatic carbocycles. The summed E-state index contributed by atoms with van der Waals surface area (Å²) < 4.78 is 5.01. The van der Waals surface area contributed by atoms with Gasteiger partial charge in [-0.1, -0.05) is 18.2 Å². The van der Waals surface area contributed by atoms with Crippen LogP contribution in [0.1, 0.15) is 28.5 Å². The molecule has 0 fully saturated rings. The molecule has 130 valence electrons. The molecule has 4 nitrogen and oxygen atoms in total. The van der Waals surface area contributed by atoms with E-state index in [2.05, 4.69) is 29.4 Å². The van der Waals surface area contributed by atoms with Crippen molar-refractivity contribution >= 4 is 28.2 Å². The number of fused-ring (bicyclic) bond motifs is 1. The Morgan fingerprint density at radius 1 is 1.12 bits per heavy atom. The van der Waals surface area contributed by atoms with Crippen LogP contribution in [0.2, 0.25) is 0 Å². The van der Waals surface area contributed by atoms with Gasteiger partial charge in [-0.25, -0.2) is 4.79 Å². The van der Waals surface area contributed by atoms with Crippen molar-refractivity contribution in [3.63, 3.8) is 0 Å². The number of nitrogens with zero attached hydrogens (tertiary/aromatic N) is 1. The molecule has 0 aliphatic rings. The Hall–Kier alpha value is -2.59. The first-order valence-electron chi connectivity index (χ1n) is 7.99. The van der Waals surface area contributed by atoms with Gasteiger partial charge >= 0.3 is 5.97 Å². The van der Waals surface area contributed by atoms with Gasteiger partial charge in [-0.3, -0.25) is 4.98 Å². The Balaban J connectivity index is 0.00000225. The van der Waals surface area contributed by atoms with E-state index >= 15 is 0 Å². The Morgan fingerprint density at radius 2 is 1.84 bits per heavy atom. The Morgan fingerprint density at radius 3 is 2.52 bits per heavy atom. The number of hydrogen-bond acceptors (Lipinski definition) is 4. The summed E-state index contributed by atoms with van der Waals surface area (Å²) in [5.74, 6) is -0.301. The van der Waals surface area contributed by atoms with Crippen molar-refractivity contribution in [2.75, 3.05) is 11.9 Å². The van der Waals surface area contributed by atoms with Gasteiger partial charge in [-0.05, 0) is 56.7 Å². The molecule has 0 bridgehead atoms. The standard InChI is InChI=1S/C20H20N2O2.ClH/c1-4-24-20(23)15-8-10-16(11-9-15)22-18-12-14(3)21-19-13(2)6-5-7-17(18)19;/h5-12H,4H2,1-3H3,(H,21,22);1H/p-1. The minimum atomic E-state index is -0.301. The van der Waals surface area contributed by atoms with Gasteiger partial charge in [0.2, 0.25) is 0 Å². The SMILES string of the molecule is CCOC(=O)c1ccc(Nc2cc(C)nc3c(C)cccc23)cc1.[Cl-]. The molecular formula is C20H20ClN2O2-. The highest BCUT2D eigenvalue weighted by Gasteiger charge is 2.08. The van der Waals surface area contributed by atoms with Crippen LogP contribution in [0, 0.1) is 13.8 Å². The molecule has 5 heteroatoms. The molecule has 1 N–H and O–H groups in total. The van der Waals surface area contributed by atoms with Crippen molar-refractivity contribution in [3.05, 3.63) is 65.4 Å². The van der Waals surface area contributed by atoms with Crippen molar-refractivity contribution in [1.29, 1.82) is 0 Å². The number of para-hydroxylation sites is 1. The highest BCUT2D eigenvalue weighted by Crippen LogP contribution is 2.28. The van der Waals surface area contributed by atoms with E-state index in [9.17, 15) is 4.79 Å². The first-order chi connectivity index (χ1) is 11.6. The Kier molecular flexibility index (Phi) is 5.99. The summed E-state index contributed by atoms with van der Waals surface area (Å²) in [4.78, 5) is 16.4. The molecule has 3 aromatic rings. The quantitative estimate of drug-likeness (QED) is 0.725. The number of hydrogen-bond donors (Lipinski definition) is 1. The van der Waals surface area contributed by atoms with Gasteiger partial charge in [-0.15, -0.1) is 0 Å². The number of anilines is 2. The lowest BCUT2D eigenvalue weighted by Crippen LogP contribution is -3.00. The maximum atomic E-state index is 11.7. The average Bonchev–Trinajstić information content (AvgIpc) is 2.57. The molecule has 2 aromatic carbocycles. The molecule has 3 rings (SSSR count). The van der Waals surface area contributed by atoms with Crippen LogP contribution >= 0.6 is 0 Å². The number of pyridine rings is 1. The lowest BCUT2D eigenvalue weighted by molar-refractivity contribution is -0.0000230. The molecule has 0 saturated carbocycles. The second-order valence-corrected chi connectivity index (χ2v) is 5.71. The normalized spacial score (nSPS) is 10.2. The van der Waals surface area contributed by atoms with Crippen molar-refractivity contribution in [2.24, 2.45) is 0 Å². The number of benzene rings is 2. The highest BCUT2D eigenvalue weighted by atomic mass is 35.5.